The van der Waals surface area contributed by atoms with Crippen LogP contribution in [-0.4, -0.2) is 55.8 Å². The second-order valence-corrected chi connectivity index (χ2v) is 19.9. The van der Waals surface area contributed by atoms with E-state index in [0.717, 1.165) is 39.2 Å². The van der Waals surface area contributed by atoms with Gasteiger partial charge in [0.1, 0.15) is 23.7 Å². The van der Waals surface area contributed by atoms with E-state index in [0.29, 0.717) is 38.9 Å². The number of methoxy groups -OCH3 is 1. The standard InChI is InChI=1S/C36H56O6Si/c1-23(2)17-19-35(37)28(18-20-40-22-26-13-15-27(39-10)16-14-26)31-25(5)30(24(3)4)32-36(31,38)34(35,9)21-29(41-32)42-43(11,12)33(6,7)8/h13-16,24,29,32,37-38H,1,17-22H2,2-12H3/t29-,32+,34?,35?,36-/m1/s1. The Morgan fingerprint density at radius 2 is 1.79 bits per heavy atom. The van der Waals surface area contributed by atoms with Gasteiger partial charge >= 0.3 is 0 Å². The van der Waals surface area contributed by atoms with Gasteiger partial charge in [0.25, 0.3) is 0 Å². The first-order valence-electron chi connectivity index (χ1n) is 15.9. The summed E-state index contributed by atoms with van der Waals surface area (Å²) in [5.74, 6) is 0.976. The summed E-state index contributed by atoms with van der Waals surface area (Å²) >= 11 is 0. The van der Waals surface area contributed by atoms with Crippen molar-refractivity contribution in [1.82, 2.24) is 0 Å². The summed E-state index contributed by atoms with van der Waals surface area (Å²) in [4.78, 5) is 0. The molecule has 0 radical (unpaired) electrons. The average Bonchev–Trinajstić information content (AvgIpc) is 3.22. The number of hydrogen-bond acceptors (Lipinski definition) is 6. The maximum absolute atomic E-state index is 13.0. The molecule has 1 fully saturated rings. The van der Waals surface area contributed by atoms with Crippen LogP contribution in [-0.2, 0) is 20.5 Å². The van der Waals surface area contributed by atoms with Gasteiger partial charge < -0.3 is 28.8 Å². The van der Waals surface area contributed by atoms with Crippen molar-refractivity contribution in [2.24, 2.45) is 11.3 Å². The van der Waals surface area contributed by atoms with Gasteiger partial charge in [-0.3, -0.25) is 0 Å². The number of rotatable bonds is 12. The Labute approximate surface area is 261 Å². The molecule has 6 nitrogen and oxygen atoms in total. The van der Waals surface area contributed by atoms with E-state index >= 15 is 0 Å². The molecule has 7 heteroatoms. The molecule has 1 aromatic carbocycles. The van der Waals surface area contributed by atoms with Crippen molar-refractivity contribution >= 4 is 8.32 Å². The Morgan fingerprint density at radius 1 is 1.16 bits per heavy atom. The Bertz CT molecular complexity index is 1270. The number of ether oxygens (including phenoxy) is 3. The minimum Gasteiger partial charge on any atom is -0.497 e. The summed E-state index contributed by atoms with van der Waals surface area (Å²) in [5.41, 5.74) is 2.37. The molecule has 2 aliphatic carbocycles. The third kappa shape index (κ3) is 5.63. The molecule has 43 heavy (non-hydrogen) atoms. The van der Waals surface area contributed by atoms with Crippen LogP contribution in [0.1, 0.15) is 86.6 Å². The molecule has 0 aromatic heterocycles. The average molecular weight is 613 g/mol. The van der Waals surface area contributed by atoms with E-state index in [9.17, 15) is 10.2 Å². The van der Waals surface area contributed by atoms with Crippen molar-refractivity contribution in [2.45, 2.75) is 129 Å². The highest BCUT2D eigenvalue weighted by Gasteiger charge is 2.76. The monoisotopic (exact) mass is 612 g/mol. The number of allylic oxidation sites excluding steroid dienone is 1. The fourth-order valence-corrected chi connectivity index (χ4v) is 8.59. The van der Waals surface area contributed by atoms with Crippen LogP contribution < -0.4 is 4.74 Å². The topological polar surface area (TPSA) is 77.4 Å². The highest BCUT2D eigenvalue weighted by molar-refractivity contribution is 6.74. The van der Waals surface area contributed by atoms with Crippen molar-refractivity contribution in [2.75, 3.05) is 13.7 Å². The van der Waals surface area contributed by atoms with Gasteiger partial charge in [-0.05, 0) is 97.1 Å². The summed E-state index contributed by atoms with van der Waals surface area (Å²) in [5, 5.41) is 26.0. The maximum Gasteiger partial charge on any atom is 0.195 e. The van der Waals surface area contributed by atoms with E-state index in [1.165, 1.54) is 0 Å². The molecule has 1 aliphatic heterocycles. The number of aliphatic hydroxyl groups is 2. The molecule has 3 aliphatic rings. The second kappa shape index (κ2) is 11.9. The van der Waals surface area contributed by atoms with Gasteiger partial charge in [0.15, 0.2) is 8.32 Å². The number of hydrogen-bond donors (Lipinski definition) is 2. The fourth-order valence-electron chi connectivity index (χ4n) is 7.44. The summed E-state index contributed by atoms with van der Waals surface area (Å²) in [6.45, 7) is 26.6. The molecule has 1 saturated heterocycles. The zero-order valence-electron chi connectivity index (χ0n) is 28.5. The van der Waals surface area contributed by atoms with Crippen molar-refractivity contribution in [3.63, 3.8) is 0 Å². The molecule has 240 valence electrons. The van der Waals surface area contributed by atoms with Crippen LogP contribution >= 0.6 is 0 Å². The van der Waals surface area contributed by atoms with E-state index < -0.39 is 37.3 Å². The van der Waals surface area contributed by atoms with Crippen molar-refractivity contribution < 1.29 is 28.8 Å². The molecule has 5 atom stereocenters. The zero-order valence-corrected chi connectivity index (χ0v) is 29.5. The molecule has 0 amide bonds. The lowest BCUT2D eigenvalue weighted by Gasteiger charge is -2.57. The minimum absolute atomic E-state index is 0.00491. The number of benzene rings is 1. The highest BCUT2D eigenvalue weighted by Crippen LogP contribution is 2.70. The molecular weight excluding hydrogens is 556 g/mol. The van der Waals surface area contributed by atoms with Gasteiger partial charge in [0.05, 0.1) is 25.9 Å². The van der Waals surface area contributed by atoms with E-state index in [-0.39, 0.29) is 11.0 Å². The van der Waals surface area contributed by atoms with Crippen LogP contribution in [0.5, 0.6) is 5.75 Å². The van der Waals surface area contributed by atoms with Crippen molar-refractivity contribution in [1.29, 1.82) is 0 Å². The van der Waals surface area contributed by atoms with Crippen LogP contribution in [0, 0.1) is 11.3 Å². The third-order valence-electron chi connectivity index (χ3n) is 11.0. The van der Waals surface area contributed by atoms with Crippen LogP contribution in [0.3, 0.4) is 0 Å². The SMILES string of the molecule is C=C(C)CCC1(O)C(CCOCc2ccc(OC)cc2)=C2C(C)=C(C(C)C)[C@@H]3O[C@H](O[Si](C)(C)C(C)(C)C)CC1(C)[C@@]23O. The van der Waals surface area contributed by atoms with E-state index in [1.54, 1.807) is 7.11 Å². The molecular formula is C36H56O6Si. The summed E-state index contributed by atoms with van der Waals surface area (Å²) in [6, 6.07) is 7.86. The van der Waals surface area contributed by atoms with Gasteiger partial charge in [-0.15, -0.1) is 6.58 Å². The molecule has 4 rings (SSSR count). The minimum atomic E-state index is -2.21. The lowest BCUT2D eigenvalue weighted by atomic mass is 9.59. The molecule has 0 spiro atoms. The van der Waals surface area contributed by atoms with Gasteiger partial charge in [-0.2, -0.15) is 0 Å². The third-order valence-corrected chi connectivity index (χ3v) is 15.4. The molecule has 2 N–H and O–H groups in total. The van der Waals surface area contributed by atoms with E-state index in [1.807, 2.05) is 31.2 Å². The van der Waals surface area contributed by atoms with Crippen LogP contribution in [0.4, 0.5) is 0 Å². The summed E-state index contributed by atoms with van der Waals surface area (Å²) in [7, 11) is -0.555. The van der Waals surface area contributed by atoms with Crippen LogP contribution in [0.15, 0.2) is 58.7 Å². The van der Waals surface area contributed by atoms with Crippen molar-refractivity contribution in [3.05, 3.63) is 64.3 Å². The Balaban J connectivity index is 1.75. The molecule has 2 unspecified atom stereocenters. The summed E-state index contributed by atoms with van der Waals surface area (Å²) in [6.07, 6.45) is 0.938. The first-order chi connectivity index (χ1) is 19.8. The van der Waals surface area contributed by atoms with E-state index in [2.05, 4.69) is 68.1 Å². The Morgan fingerprint density at radius 3 is 2.33 bits per heavy atom. The van der Waals surface area contributed by atoms with Gasteiger partial charge in [-0.25, -0.2) is 0 Å². The maximum atomic E-state index is 13.0. The first kappa shape index (κ1) is 34.1. The van der Waals surface area contributed by atoms with Gasteiger partial charge in [-0.1, -0.05) is 59.2 Å². The fraction of sp³-hybridized carbons (Fsp3) is 0.667. The molecule has 1 heterocycles. The smallest absolute Gasteiger partial charge is 0.195 e. The predicted octanol–water partition coefficient (Wildman–Crippen LogP) is 7.86. The first-order valence-corrected chi connectivity index (χ1v) is 18.8. The second-order valence-electron chi connectivity index (χ2n) is 15.2. The van der Waals surface area contributed by atoms with Crippen molar-refractivity contribution in [3.8, 4) is 5.75 Å². The normalized spacial score (nSPS) is 30.8. The van der Waals surface area contributed by atoms with Crippen LogP contribution in [0.25, 0.3) is 0 Å². The molecule has 1 aromatic rings. The zero-order chi connectivity index (χ0) is 32.2. The largest absolute Gasteiger partial charge is 0.497 e. The summed E-state index contributed by atoms with van der Waals surface area (Å²) < 4.78 is 25.2. The van der Waals surface area contributed by atoms with Crippen LogP contribution in [0.2, 0.25) is 18.1 Å². The van der Waals surface area contributed by atoms with Gasteiger partial charge in [0, 0.05) is 11.8 Å². The lowest BCUT2D eigenvalue weighted by Crippen LogP contribution is -2.67. The highest BCUT2D eigenvalue weighted by atomic mass is 28.4. The Kier molecular flexibility index (Phi) is 9.43. The predicted molar refractivity (Wildman–Crippen MR) is 175 cm³/mol. The molecule has 0 bridgehead atoms. The van der Waals surface area contributed by atoms with E-state index in [4.69, 9.17) is 18.6 Å². The lowest BCUT2D eigenvalue weighted by molar-refractivity contribution is -0.280. The Hall–Kier alpha value is -1.74. The van der Waals surface area contributed by atoms with Gasteiger partial charge in [0.2, 0.25) is 0 Å². The molecule has 0 saturated carbocycles. The quantitative estimate of drug-likeness (QED) is 0.142.